The van der Waals surface area contributed by atoms with E-state index in [0.717, 1.165) is 12.3 Å². The predicted molar refractivity (Wildman–Crippen MR) is 58.7 cm³/mol. The van der Waals surface area contributed by atoms with Crippen LogP contribution in [-0.4, -0.2) is 12.4 Å². The summed E-state index contributed by atoms with van der Waals surface area (Å²) in [7, 11) is 0. The third-order valence-corrected chi connectivity index (χ3v) is 2.60. The van der Waals surface area contributed by atoms with Gasteiger partial charge in [-0.3, -0.25) is 0 Å². The number of rotatable bonds is 5. The van der Waals surface area contributed by atoms with Gasteiger partial charge in [-0.2, -0.15) is 0 Å². The summed E-state index contributed by atoms with van der Waals surface area (Å²) in [5.41, 5.74) is 6.62. The van der Waals surface area contributed by atoms with Gasteiger partial charge < -0.3 is 11.1 Å². The highest BCUT2D eigenvalue weighted by atomic mass is 32.2. The molecule has 2 nitrogen and oxygen atoms in total. The average molecular weight is 196 g/mol. The van der Waals surface area contributed by atoms with Crippen LogP contribution >= 0.6 is 11.8 Å². The molecule has 0 fully saturated rings. The van der Waals surface area contributed by atoms with Crippen LogP contribution in [0.5, 0.6) is 0 Å². The predicted octanol–water partition coefficient (Wildman–Crippen LogP) is 1.80. The zero-order chi connectivity index (χ0) is 9.52. The lowest BCUT2D eigenvalue weighted by molar-refractivity contribution is 0.708. The van der Waals surface area contributed by atoms with E-state index in [9.17, 15) is 0 Å². The lowest BCUT2D eigenvalue weighted by atomic mass is 10.2. The van der Waals surface area contributed by atoms with E-state index in [1.165, 1.54) is 10.5 Å². The van der Waals surface area contributed by atoms with Gasteiger partial charge in [0.1, 0.15) is 0 Å². The van der Waals surface area contributed by atoms with Gasteiger partial charge in [0.2, 0.25) is 0 Å². The highest BCUT2D eigenvalue weighted by Gasteiger charge is 1.93. The SMILES string of the molecule is CCSc1ccc(CNCN)cc1. The van der Waals surface area contributed by atoms with E-state index >= 15 is 0 Å². The summed E-state index contributed by atoms with van der Waals surface area (Å²) in [5, 5.41) is 3.09. The van der Waals surface area contributed by atoms with Crippen molar-refractivity contribution in [3.8, 4) is 0 Å². The molecule has 0 spiro atoms. The van der Waals surface area contributed by atoms with Crippen molar-refractivity contribution in [1.29, 1.82) is 0 Å². The Bertz CT molecular complexity index is 233. The summed E-state index contributed by atoms with van der Waals surface area (Å²) in [6.45, 7) is 3.55. The topological polar surface area (TPSA) is 38.0 Å². The molecule has 0 heterocycles. The van der Waals surface area contributed by atoms with Crippen LogP contribution in [0, 0.1) is 0 Å². The molecular formula is C10H16N2S. The first-order chi connectivity index (χ1) is 6.36. The summed E-state index contributed by atoms with van der Waals surface area (Å²) >= 11 is 1.86. The fourth-order valence-corrected chi connectivity index (χ4v) is 1.75. The number of thioether (sulfide) groups is 1. The minimum Gasteiger partial charge on any atom is -0.318 e. The van der Waals surface area contributed by atoms with Crippen LogP contribution in [0.3, 0.4) is 0 Å². The van der Waals surface area contributed by atoms with Gasteiger partial charge in [-0.25, -0.2) is 0 Å². The maximum absolute atomic E-state index is 5.34. The third-order valence-electron chi connectivity index (χ3n) is 1.71. The van der Waals surface area contributed by atoms with Gasteiger partial charge in [-0.05, 0) is 23.4 Å². The first-order valence-corrected chi connectivity index (χ1v) is 5.48. The molecule has 3 N–H and O–H groups in total. The number of hydrogen-bond donors (Lipinski definition) is 2. The van der Waals surface area contributed by atoms with Crippen LogP contribution in [0.4, 0.5) is 0 Å². The van der Waals surface area contributed by atoms with E-state index < -0.39 is 0 Å². The first kappa shape index (κ1) is 10.6. The van der Waals surface area contributed by atoms with E-state index in [0.29, 0.717) is 6.67 Å². The van der Waals surface area contributed by atoms with E-state index in [-0.39, 0.29) is 0 Å². The zero-order valence-corrected chi connectivity index (χ0v) is 8.73. The molecule has 1 aromatic rings. The summed E-state index contributed by atoms with van der Waals surface area (Å²) in [6, 6.07) is 8.59. The summed E-state index contributed by atoms with van der Waals surface area (Å²) < 4.78 is 0. The van der Waals surface area contributed by atoms with Crippen LogP contribution in [0.15, 0.2) is 29.2 Å². The van der Waals surface area contributed by atoms with Gasteiger partial charge in [0.25, 0.3) is 0 Å². The highest BCUT2D eigenvalue weighted by Crippen LogP contribution is 2.17. The van der Waals surface area contributed by atoms with E-state index in [2.05, 4.69) is 36.5 Å². The van der Waals surface area contributed by atoms with E-state index in [1.807, 2.05) is 11.8 Å². The Morgan fingerprint density at radius 3 is 2.54 bits per heavy atom. The fraction of sp³-hybridized carbons (Fsp3) is 0.400. The quantitative estimate of drug-likeness (QED) is 0.557. The van der Waals surface area contributed by atoms with E-state index in [1.54, 1.807) is 0 Å². The van der Waals surface area contributed by atoms with Crippen molar-refractivity contribution in [1.82, 2.24) is 5.32 Å². The molecule has 0 bridgehead atoms. The molecule has 0 aliphatic carbocycles. The second kappa shape index (κ2) is 6.02. The Labute approximate surface area is 83.9 Å². The third kappa shape index (κ3) is 3.81. The highest BCUT2D eigenvalue weighted by molar-refractivity contribution is 7.99. The molecule has 0 aromatic heterocycles. The molecule has 13 heavy (non-hydrogen) atoms. The number of hydrogen-bond acceptors (Lipinski definition) is 3. The van der Waals surface area contributed by atoms with Crippen molar-refractivity contribution < 1.29 is 0 Å². The normalized spacial score (nSPS) is 10.3. The van der Waals surface area contributed by atoms with Crippen LogP contribution in [0.2, 0.25) is 0 Å². The minimum absolute atomic E-state index is 0.533. The molecule has 0 saturated heterocycles. The molecule has 3 heteroatoms. The summed E-state index contributed by atoms with van der Waals surface area (Å²) in [4.78, 5) is 1.33. The molecular weight excluding hydrogens is 180 g/mol. The molecule has 0 unspecified atom stereocenters. The summed E-state index contributed by atoms with van der Waals surface area (Å²) in [5.74, 6) is 1.13. The smallest absolute Gasteiger partial charge is 0.0431 e. The molecule has 72 valence electrons. The van der Waals surface area contributed by atoms with Gasteiger partial charge in [0.05, 0.1) is 0 Å². The number of nitrogens with one attached hydrogen (secondary N) is 1. The second-order valence-electron chi connectivity index (χ2n) is 2.71. The Morgan fingerprint density at radius 1 is 1.31 bits per heavy atom. The van der Waals surface area contributed by atoms with Gasteiger partial charge in [-0.15, -0.1) is 11.8 Å². The molecule has 1 aromatic carbocycles. The Balaban J connectivity index is 2.48. The zero-order valence-electron chi connectivity index (χ0n) is 7.92. The van der Waals surface area contributed by atoms with Crippen molar-refractivity contribution in [2.24, 2.45) is 5.73 Å². The van der Waals surface area contributed by atoms with Gasteiger partial charge in [-0.1, -0.05) is 19.1 Å². The van der Waals surface area contributed by atoms with Gasteiger partial charge in [0.15, 0.2) is 0 Å². The Kier molecular flexibility index (Phi) is 4.90. The molecule has 0 aliphatic rings. The molecule has 0 saturated carbocycles. The lowest BCUT2D eigenvalue weighted by Gasteiger charge is -2.03. The Morgan fingerprint density at radius 2 is 2.00 bits per heavy atom. The average Bonchev–Trinajstić information content (AvgIpc) is 2.17. The van der Waals surface area contributed by atoms with E-state index in [4.69, 9.17) is 5.73 Å². The summed E-state index contributed by atoms with van der Waals surface area (Å²) in [6.07, 6.45) is 0. The number of benzene rings is 1. The first-order valence-electron chi connectivity index (χ1n) is 4.49. The fourth-order valence-electron chi connectivity index (χ4n) is 1.09. The van der Waals surface area contributed by atoms with Crippen molar-refractivity contribution in [3.05, 3.63) is 29.8 Å². The van der Waals surface area contributed by atoms with Gasteiger partial charge in [0, 0.05) is 18.1 Å². The number of nitrogens with two attached hydrogens (primary N) is 1. The molecule has 0 aliphatic heterocycles. The second-order valence-corrected chi connectivity index (χ2v) is 4.05. The minimum atomic E-state index is 0.533. The Hall–Kier alpha value is -0.510. The van der Waals surface area contributed by atoms with Gasteiger partial charge >= 0.3 is 0 Å². The van der Waals surface area contributed by atoms with Crippen LogP contribution in [-0.2, 0) is 6.54 Å². The van der Waals surface area contributed by atoms with Crippen molar-refractivity contribution in [2.75, 3.05) is 12.4 Å². The molecule has 0 amide bonds. The molecule has 0 atom stereocenters. The molecule has 0 radical (unpaired) electrons. The van der Waals surface area contributed by atoms with Crippen LogP contribution < -0.4 is 11.1 Å². The monoisotopic (exact) mass is 196 g/mol. The lowest BCUT2D eigenvalue weighted by Crippen LogP contribution is -2.21. The van der Waals surface area contributed by atoms with Crippen molar-refractivity contribution in [2.45, 2.75) is 18.4 Å². The largest absolute Gasteiger partial charge is 0.318 e. The van der Waals surface area contributed by atoms with Crippen molar-refractivity contribution >= 4 is 11.8 Å². The molecule has 1 rings (SSSR count). The van der Waals surface area contributed by atoms with Crippen molar-refractivity contribution in [3.63, 3.8) is 0 Å². The standard InChI is InChI=1S/C10H16N2S/c1-2-13-10-5-3-9(4-6-10)7-12-8-11/h3-6,12H,2,7-8,11H2,1H3. The van der Waals surface area contributed by atoms with Crippen LogP contribution in [0.1, 0.15) is 12.5 Å². The van der Waals surface area contributed by atoms with Crippen LogP contribution in [0.25, 0.3) is 0 Å². The maximum atomic E-state index is 5.34. The maximum Gasteiger partial charge on any atom is 0.0431 e.